The van der Waals surface area contributed by atoms with Gasteiger partial charge in [-0.1, -0.05) is 53.2 Å². The Morgan fingerprint density at radius 1 is 0.543 bits per heavy atom. The van der Waals surface area contributed by atoms with Crippen LogP contribution >= 0.6 is 0 Å². The molecule has 17 N–H and O–H groups in total. The molecule has 5 aliphatic carbocycles. The lowest BCUT2D eigenvalue weighted by molar-refractivity contribution is -0.383. The van der Waals surface area contributed by atoms with Crippen molar-refractivity contribution in [3.8, 4) is 0 Å². The highest BCUT2D eigenvalue weighted by molar-refractivity contribution is 5.79. The highest BCUT2D eigenvalue weighted by atomic mass is 16.8. The van der Waals surface area contributed by atoms with E-state index in [4.69, 9.17) is 56.8 Å². The summed E-state index contributed by atoms with van der Waals surface area (Å²) in [5.41, 5.74) is -7.24. The number of aliphatic hydroxyl groups is 17. The van der Waals surface area contributed by atoms with E-state index in [0.717, 1.165) is 5.57 Å². The Labute approximate surface area is 532 Å². The molecule has 34 atom stereocenters. The fourth-order valence-corrected chi connectivity index (χ4v) is 18.5. The number of hydrogen-bond acceptors (Lipinski definition) is 30. The molecule has 0 bridgehead atoms. The molecule has 0 aromatic heterocycles. The summed E-state index contributed by atoms with van der Waals surface area (Å²) in [6, 6.07) is 0. The van der Waals surface area contributed by atoms with Crippen LogP contribution in [0.2, 0.25) is 0 Å². The number of carbonyl (C=O) groups is 1. The highest BCUT2D eigenvalue weighted by Crippen LogP contribution is 2.76. The number of fused-ring (bicyclic) bond motifs is 7. The Morgan fingerprint density at radius 2 is 1.12 bits per heavy atom. The number of carbonyl (C=O) groups excluding carboxylic acids is 1. The van der Waals surface area contributed by atoms with Gasteiger partial charge in [0.15, 0.2) is 37.6 Å². The van der Waals surface area contributed by atoms with E-state index in [1.54, 1.807) is 0 Å². The van der Waals surface area contributed by atoms with Gasteiger partial charge in [0.2, 0.25) is 6.29 Å². The highest BCUT2D eigenvalue weighted by Gasteiger charge is 2.72. The zero-order valence-corrected chi connectivity index (χ0v) is 53.1. The van der Waals surface area contributed by atoms with Crippen molar-refractivity contribution in [3.05, 3.63) is 11.6 Å². The molecule has 6 heterocycles. The molecule has 4 saturated carbocycles. The lowest BCUT2D eigenvalue weighted by atomic mass is 9.33. The molecule has 0 spiro atoms. The first-order valence-electron chi connectivity index (χ1n) is 32.5. The maximum Gasteiger partial charge on any atom is 0.315 e. The van der Waals surface area contributed by atoms with Gasteiger partial charge in [0, 0.05) is 5.41 Å². The van der Waals surface area contributed by atoms with Crippen LogP contribution in [-0.4, -0.2) is 304 Å². The van der Waals surface area contributed by atoms with Gasteiger partial charge in [-0.3, -0.25) is 4.79 Å². The smallest absolute Gasteiger partial charge is 0.315 e. The van der Waals surface area contributed by atoms with Gasteiger partial charge in [-0.05, 0) is 104 Å². The summed E-state index contributed by atoms with van der Waals surface area (Å²) in [6.45, 7) is 9.14. The fourth-order valence-electron chi connectivity index (χ4n) is 18.5. The SMILES string of the molecule is C[C@@H]1O[C@@H](O[C@H]2[C@H](OC(=O)[C@]34CCC(C)(C)C[C@H]3C3=CC[C@H]5[C@@]6(C)C[C@H](O)[C@H](O[C@@H]7O[C@H](CO)[C@@H](O)[C@H](O)[C@H]7O)[C@@](C)(CO)[C@H]6CC[C@@]5(C)[C@]3(C)CC4)OC[C@H](O)[C@@H]2O)[C@H](O)[C@H](O[C@@H]2OC[C@](O)(CO)[C@H]2O)[C@H]1O[C@@H]1OC[C@@H](O)[C@H](O[C@@H]2OC[C@](O)(CO)[C@H]2O)[C@H]1O. The predicted octanol–water partition coefficient (Wildman–Crippen LogP) is -4.86. The number of aliphatic hydroxyl groups excluding tert-OH is 15. The summed E-state index contributed by atoms with van der Waals surface area (Å²) in [6.07, 6.45) is -32.7. The molecule has 11 aliphatic rings. The van der Waals surface area contributed by atoms with Crippen LogP contribution < -0.4 is 0 Å². The quantitative estimate of drug-likeness (QED) is 0.0391. The topological polar surface area (TPSA) is 472 Å². The molecule has 0 amide bonds. The van der Waals surface area contributed by atoms with Gasteiger partial charge >= 0.3 is 5.97 Å². The molecular weight excluding hydrogens is 1220 g/mol. The van der Waals surface area contributed by atoms with Gasteiger partial charge < -0.3 is 144 Å². The van der Waals surface area contributed by atoms with E-state index in [1.165, 1.54) is 6.92 Å². The minimum absolute atomic E-state index is 0.0561. The molecule has 11 rings (SSSR count). The summed E-state index contributed by atoms with van der Waals surface area (Å²) in [5, 5.41) is 186. The van der Waals surface area contributed by atoms with E-state index in [2.05, 4.69) is 40.7 Å². The van der Waals surface area contributed by atoms with Crippen molar-refractivity contribution in [3.63, 3.8) is 0 Å². The monoisotopic (exact) mass is 1320 g/mol. The first-order chi connectivity index (χ1) is 43.1. The molecule has 528 valence electrons. The minimum Gasteiger partial charge on any atom is -0.432 e. The first-order valence-corrected chi connectivity index (χ1v) is 32.5. The fraction of sp³-hybridized carbons (Fsp3) is 0.952. The van der Waals surface area contributed by atoms with Gasteiger partial charge in [0.25, 0.3) is 0 Å². The van der Waals surface area contributed by atoms with Gasteiger partial charge in [0.05, 0.1) is 76.6 Å². The Kier molecular flexibility index (Phi) is 20.2. The van der Waals surface area contributed by atoms with Gasteiger partial charge in [0.1, 0.15) is 96.7 Å². The van der Waals surface area contributed by atoms with Crippen LogP contribution in [0.5, 0.6) is 0 Å². The number of hydrogen-bond donors (Lipinski definition) is 17. The van der Waals surface area contributed by atoms with Crippen LogP contribution in [0.3, 0.4) is 0 Å². The summed E-state index contributed by atoms with van der Waals surface area (Å²) in [4.78, 5) is 15.6. The number of rotatable bonds is 16. The van der Waals surface area contributed by atoms with Crippen LogP contribution in [0.25, 0.3) is 0 Å². The van der Waals surface area contributed by atoms with E-state index >= 15 is 4.79 Å². The molecule has 10 fully saturated rings. The maximum atomic E-state index is 15.6. The molecule has 6 aliphatic heterocycles. The van der Waals surface area contributed by atoms with E-state index in [-0.39, 0.29) is 29.6 Å². The Balaban J connectivity index is 0.831. The van der Waals surface area contributed by atoms with Crippen LogP contribution in [0.1, 0.15) is 106 Å². The molecule has 30 nitrogen and oxygen atoms in total. The molecule has 0 unspecified atom stereocenters. The van der Waals surface area contributed by atoms with Crippen molar-refractivity contribution < 1.29 is 148 Å². The van der Waals surface area contributed by atoms with Gasteiger partial charge in [-0.25, -0.2) is 0 Å². The van der Waals surface area contributed by atoms with Crippen LogP contribution in [0.15, 0.2) is 11.6 Å². The lowest BCUT2D eigenvalue weighted by Crippen LogP contribution is -2.69. The first kappa shape index (κ1) is 71.4. The van der Waals surface area contributed by atoms with Crippen molar-refractivity contribution >= 4 is 5.97 Å². The Morgan fingerprint density at radius 3 is 1.74 bits per heavy atom. The van der Waals surface area contributed by atoms with Crippen molar-refractivity contribution in [1.29, 1.82) is 0 Å². The number of allylic oxidation sites excluding steroid dienone is 2. The molecule has 6 saturated heterocycles. The van der Waals surface area contributed by atoms with Crippen LogP contribution in [0, 0.1) is 50.2 Å². The van der Waals surface area contributed by atoms with E-state index in [9.17, 15) is 86.8 Å². The zero-order chi connectivity index (χ0) is 67.0. The van der Waals surface area contributed by atoms with Gasteiger partial charge in [-0.2, -0.15) is 0 Å². The van der Waals surface area contributed by atoms with Gasteiger partial charge in [-0.15, -0.1) is 0 Å². The second-order valence-electron chi connectivity index (χ2n) is 30.4. The van der Waals surface area contributed by atoms with E-state index in [0.29, 0.717) is 51.4 Å². The third kappa shape index (κ3) is 11.7. The standard InChI is InChI=1S/C62H100O30/c1-26-41(87-48-39(74)42(31(69)20-81-48)88-52-45(76)61(79,22-65)24-83-52)43(89-53-46(77)62(80,23-66)25-84-53)40(75)50(85-26)90-44-35(70)30(68)19-82-51(44)92-54(78)60-14-12-55(2,3)16-28(60)27-8-9-34-56(4)17-29(67)47(91-49-38(73)37(72)36(71)32(18-63)86-49)57(5,21-64)33(56)10-11-59(34,7)58(27,6)13-15-60/h8,26,28-53,63-77,79-80H,9-25H2,1-7H3/t26-,28-,29-,30-,31+,32+,33-,34-,35-,36+,37-,38+,39+,40+,41-,42-,43-,44+,45-,46-,47-,48-,49-,50-,51-,52-,53-,56-,57-,58+,59+,60-,61+,62+/m0/s1. The van der Waals surface area contributed by atoms with E-state index in [1.807, 2.05) is 6.92 Å². The third-order valence-corrected chi connectivity index (χ3v) is 24.4. The molecule has 0 aromatic carbocycles. The summed E-state index contributed by atoms with van der Waals surface area (Å²) in [5.74, 6) is -1.29. The summed E-state index contributed by atoms with van der Waals surface area (Å²) >= 11 is 0. The maximum absolute atomic E-state index is 15.6. The summed E-state index contributed by atoms with van der Waals surface area (Å²) < 4.78 is 71.8. The number of esters is 1. The largest absolute Gasteiger partial charge is 0.432 e. The Hall–Kier alpha value is -1.91. The molecular formula is C62H100O30. The third-order valence-electron chi connectivity index (χ3n) is 24.4. The van der Waals surface area contributed by atoms with Crippen LogP contribution in [0.4, 0.5) is 0 Å². The predicted molar refractivity (Wildman–Crippen MR) is 305 cm³/mol. The van der Waals surface area contributed by atoms with Crippen LogP contribution in [-0.2, 0) is 61.6 Å². The number of ether oxygens (including phenoxy) is 12. The molecule has 92 heavy (non-hydrogen) atoms. The van der Waals surface area contributed by atoms with E-state index < -0.39 is 245 Å². The average Bonchev–Trinajstić information content (AvgIpc) is 0.699. The second-order valence-corrected chi connectivity index (χ2v) is 30.4. The zero-order valence-electron chi connectivity index (χ0n) is 53.1. The van der Waals surface area contributed by atoms with Crippen molar-refractivity contribution in [2.24, 2.45) is 50.2 Å². The lowest BCUT2D eigenvalue weighted by Gasteiger charge is -2.72. The summed E-state index contributed by atoms with van der Waals surface area (Å²) in [7, 11) is 0. The molecule has 0 radical (unpaired) electrons. The average molecular weight is 1330 g/mol. The second kappa shape index (κ2) is 26.0. The minimum atomic E-state index is -2.22. The normalized spacial score (nSPS) is 55.1. The van der Waals surface area contributed by atoms with Crippen molar-refractivity contribution in [2.75, 3.05) is 52.9 Å². The molecule has 30 heteroatoms. The van der Waals surface area contributed by atoms with Crippen molar-refractivity contribution in [2.45, 2.75) is 265 Å². The van der Waals surface area contributed by atoms with Crippen molar-refractivity contribution in [1.82, 2.24) is 0 Å². The molecule has 0 aromatic rings. The Bertz CT molecular complexity index is 2620.